The van der Waals surface area contributed by atoms with Gasteiger partial charge in [-0.2, -0.15) is 0 Å². The van der Waals surface area contributed by atoms with Crippen LogP contribution in [0.4, 0.5) is 15.8 Å². The molecule has 0 aliphatic carbocycles. The second-order valence-corrected chi connectivity index (χ2v) is 7.17. The van der Waals surface area contributed by atoms with Crippen molar-refractivity contribution < 1.29 is 14.1 Å². The third-order valence-electron chi connectivity index (χ3n) is 4.28. The number of nitro groups is 1. The van der Waals surface area contributed by atoms with Crippen LogP contribution in [-0.4, -0.2) is 41.9 Å². The van der Waals surface area contributed by atoms with E-state index in [1.807, 2.05) is 4.90 Å². The van der Waals surface area contributed by atoms with Crippen LogP contribution in [0.5, 0.6) is 0 Å². The smallest absolute Gasteiger partial charge is 0.294 e. The standard InChI is InChI=1S/C17H13Cl3FN3O3/c18-10-1-2-15(16(7-10)24(26)27)22-3-5-23(6-4-22)17(25)11-8-14(21)13(20)9-12(11)19/h1-2,7-9H,3-6H2. The Labute approximate surface area is 169 Å². The molecule has 10 heteroatoms. The largest absolute Gasteiger partial charge is 0.362 e. The minimum Gasteiger partial charge on any atom is -0.362 e. The summed E-state index contributed by atoms with van der Waals surface area (Å²) in [4.78, 5) is 26.7. The van der Waals surface area contributed by atoms with Crippen LogP contribution in [0.15, 0.2) is 30.3 Å². The number of nitrogens with zero attached hydrogens (tertiary/aromatic N) is 3. The van der Waals surface area contributed by atoms with Crippen molar-refractivity contribution in [1.29, 1.82) is 0 Å². The van der Waals surface area contributed by atoms with E-state index in [1.54, 1.807) is 12.1 Å². The van der Waals surface area contributed by atoms with Gasteiger partial charge in [-0.3, -0.25) is 14.9 Å². The predicted molar refractivity (Wildman–Crippen MR) is 103 cm³/mol. The molecule has 142 valence electrons. The van der Waals surface area contributed by atoms with Gasteiger partial charge in [0.25, 0.3) is 11.6 Å². The van der Waals surface area contributed by atoms with Gasteiger partial charge in [-0.25, -0.2) is 4.39 Å². The van der Waals surface area contributed by atoms with Gasteiger partial charge in [0.15, 0.2) is 0 Å². The zero-order valence-electron chi connectivity index (χ0n) is 13.8. The molecule has 2 aromatic carbocycles. The molecule has 27 heavy (non-hydrogen) atoms. The molecular weight excluding hydrogens is 420 g/mol. The zero-order chi connectivity index (χ0) is 19.7. The number of hydrogen-bond acceptors (Lipinski definition) is 4. The molecule has 0 spiro atoms. The molecular formula is C17H13Cl3FN3O3. The average molecular weight is 433 g/mol. The molecule has 1 aliphatic heterocycles. The number of nitro benzene ring substituents is 1. The second kappa shape index (κ2) is 7.88. The number of carbonyl (C=O) groups is 1. The molecule has 0 saturated carbocycles. The lowest BCUT2D eigenvalue weighted by Crippen LogP contribution is -2.49. The van der Waals surface area contributed by atoms with Crippen molar-refractivity contribution in [3.8, 4) is 0 Å². The van der Waals surface area contributed by atoms with Crippen LogP contribution in [0, 0.1) is 15.9 Å². The number of benzene rings is 2. The van der Waals surface area contributed by atoms with E-state index in [0.717, 1.165) is 6.07 Å². The van der Waals surface area contributed by atoms with Gasteiger partial charge in [-0.15, -0.1) is 0 Å². The molecule has 1 fully saturated rings. The van der Waals surface area contributed by atoms with Crippen LogP contribution in [-0.2, 0) is 0 Å². The first-order chi connectivity index (χ1) is 12.8. The summed E-state index contributed by atoms with van der Waals surface area (Å²) in [5.41, 5.74) is 0.377. The second-order valence-electron chi connectivity index (χ2n) is 5.92. The Hall–Kier alpha value is -2.09. The topological polar surface area (TPSA) is 66.7 Å². The fourth-order valence-electron chi connectivity index (χ4n) is 2.92. The Kier molecular flexibility index (Phi) is 5.74. The summed E-state index contributed by atoms with van der Waals surface area (Å²) in [6.07, 6.45) is 0. The number of anilines is 1. The first-order valence-corrected chi connectivity index (χ1v) is 9.04. The molecule has 0 bridgehead atoms. The monoisotopic (exact) mass is 431 g/mol. The lowest BCUT2D eigenvalue weighted by Gasteiger charge is -2.36. The van der Waals surface area contributed by atoms with E-state index in [-0.39, 0.29) is 26.3 Å². The van der Waals surface area contributed by atoms with Crippen LogP contribution in [0.25, 0.3) is 0 Å². The van der Waals surface area contributed by atoms with Gasteiger partial charge in [-0.05, 0) is 24.3 Å². The fraction of sp³-hybridized carbons (Fsp3) is 0.235. The zero-order valence-corrected chi connectivity index (χ0v) is 16.1. The van der Waals surface area contributed by atoms with Gasteiger partial charge in [-0.1, -0.05) is 34.8 Å². The molecule has 1 aliphatic rings. The highest BCUT2D eigenvalue weighted by atomic mass is 35.5. The maximum absolute atomic E-state index is 13.7. The number of halogens is 4. The highest BCUT2D eigenvalue weighted by Gasteiger charge is 2.27. The van der Waals surface area contributed by atoms with Gasteiger partial charge < -0.3 is 9.80 Å². The first-order valence-electron chi connectivity index (χ1n) is 7.90. The summed E-state index contributed by atoms with van der Waals surface area (Å²) in [7, 11) is 0. The predicted octanol–water partition coefficient (Wildman–Crippen LogP) is 4.66. The Morgan fingerprint density at radius 2 is 1.70 bits per heavy atom. The van der Waals surface area contributed by atoms with Gasteiger partial charge in [0.2, 0.25) is 0 Å². The van der Waals surface area contributed by atoms with E-state index >= 15 is 0 Å². The molecule has 0 aromatic heterocycles. The Bertz CT molecular complexity index is 918. The minimum absolute atomic E-state index is 0.0319. The van der Waals surface area contributed by atoms with Crippen LogP contribution >= 0.6 is 34.8 Å². The van der Waals surface area contributed by atoms with E-state index in [9.17, 15) is 19.3 Å². The summed E-state index contributed by atoms with van der Waals surface area (Å²) >= 11 is 17.5. The molecule has 1 heterocycles. The maximum atomic E-state index is 13.7. The van der Waals surface area contributed by atoms with Crippen molar-refractivity contribution in [2.45, 2.75) is 0 Å². The SMILES string of the molecule is O=C(c1cc(F)c(Cl)cc1Cl)N1CCN(c2ccc(Cl)cc2[N+](=O)[O-])CC1. The fourth-order valence-corrected chi connectivity index (χ4v) is 3.55. The normalized spacial score (nSPS) is 14.4. The van der Waals surface area contributed by atoms with Crippen LogP contribution in [0.3, 0.4) is 0 Å². The van der Waals surface area contributed by atoms with Crippen LogP contribution < -0.4 is 4.90 Å². The summed E-state index contributed by atoms with van der Waals surface area (Å²) in [5.74, 6) is -1.14. The lowest BCUT2D eigenvalue weighted by molar-refractivity contribution is -0.384. The van der Waals surface area contributed by atoms with E-state index < -0.39 is 16.6 Å². The Morgan fingerprint density at radius 3 is 2.33 bits per heavy atom. The molecule has 0 unspecified atom stereocenters. The number of amides is 1. The Balaban J connectivity index is 1.75. The van der Waals surface area contributed by atoms with Crippen LogP contribution in [0.1, 0.15) is 10.4 Å². The molecule has 1 amide bonds. The molecule has 1 saturated heterocycles. The first kappa shape index (κ1) is 19.7. The number of hydrogen-bond donors (Lipinski definition) is 0. The third-order valence-corrected chi connectivity index (χ3v) is 5.12. The summed E-state index contributed by atoms with van der Waals surface area (Å²) in [5, 5.41) is 11.5. The van der Waals surface area contributed by atoms with E-state index in [2.05, 4.69) is 0 Å². The Morgan fingerprint density at radius 1 is 1.04 bits per heavy atom. The van der Waals surface area contributed by atoms with Gasteiger partial charge in [0.05, 0.1) is 20.5 Å². The summed E-state index contributed by atoms with van der Waals surface area (Å²) in [6.45, 7) is 1.36. The van der Waals surface area contributed by atoms with Crippen molar-refractivity contribution >= 4 is 52.1 Å². The molecule has 0 atom stereocenters. The van der Waals surface area contributed by atoms with E-state index in [4.69, 9.17) is 34.8 Å². The third kappa shape index (κ3) is 4.10. The van der Waals surface area contributed by atoms with Crippen LogP contribution in [0.2, 0.25) is 15.1 Å². The maximum Gasteiger partial charge on any atom is 0.294 e. The van der Waals surface area contributed by atoms with Crippen molar-refractivity contribution in [1.82, 2.24) is 4.90 Å². The highest BCUT2D eigenvalue weighted by Crippen LogP contribution is 2.32. The van der Waals surface area contributed by atoms with Crippen molar-refractivity contribution in [2.75, 3.05) is 31.1 Å². The molecule has 0 N–H and O–H groups in total. The van der Waals surface area contributed by atoms with Gasteiger partial charge in [0.1, 0.15) is 11.5 Å². The van der Waals surface area contributed by atoms with Crippen molar-refractivity contribution in [2.24, 2.45) is 0 Å². The average Bonchev–Trinajstić information content (AvgIpc) is 2.64. The van der Waals surface area contributed by atoms with E-state index in [1.165, 1.54) is 17.0 Å². The summed E-state index contributed by atoms with van der Waals surface area (Å²) < 4.78 is 13.7. The highest BCUT2D eigenvalue weighted by molar-refractivity contribution is 6.36. The van der Waals surface area contributed by atoms with Gasteiger partial charge in [0, 0.05) is 37.3 Å². The molecule has 0 radical (unpaired) electrons. The summed E-state index contributed by atoms with van der Waals surface area (Å²) in [6, 6.07) is 6.67. The number of rotatable bonds is 3. The lowest BCUT2D eigenvalue weighted by atomic mass is 10.1. The number of piperazine rings is 1. The molecule has 2 aromatic rings. The van der Waals surface area contributed by atoms with E-state index in [0.29, 0.717) is 31.9 Å². The quantitative estimate of drug-likeness (QED) is 0.402. The molecule has 6 nitrogen and oxygen atoms in total. The minimum atomic E-state index is -0.722. The van der Waals surface area contributed by atoms with Gasteiger partial charge >= 0.3 is 0 Å². The number of carbonyl (C=O) groups excluding carboxylic acids is 1. The van der Waals surface area contributed by atoms with Crippen molar-refractivity contribution in [3.63, 3.8) is 0 Å². The van der Waals surface area contributed by atoms with Crippen molar-refractivity contribution in [3.05, 3.63) is 66.9 Å². The molecule has 3 rings (SSSR count).